The first kappa shape index (κ1) is 64.7. The van der Waals surface area contributed by atoms with Crippen molar-refractivity contribution < 1.29 is 13.3 Å². The molecule has 24 rings (SSSR count). The van der Waals surface area contributed by atoms with Gasteiger partial charge in [0.2, 0.25) is 0 Å². The number of rotatable bonds is 10. The molecule has 11 nitrogen and oxygen atoms in total. The third-order valence-corrected chi connectivity index (χ3v) is 23.3. The molecule has 0 atom stereocenters. The van der Waals surface area contributed by atoms with Gasteiger partial charge in [-0.15, -0.1) is 11.3 Å². The molecule has 0 fully saturated rings. The monoisotopic (exact) mass is 1480 g/mol. The van der Waals surface area contributed by atoms with E-state index in [0.717, 1.165) is 149 Å². The van der Waals surface area contributed by atoms with Crippen LogP contribution in [0, 0.1) is 0 Å². The van der Waals surface area contributed by atoms with Crippen molar-refractivity contribution in [3.8, 4) is 102 Å². The number of thiophene rings is 1. The van der Waals surface area contributed by atoms with Gasteiger partial charge in [0.1, 0.15) is 33.5 Å². The first-order valence-electron chi connectivity index (χ1n) is 38.0. The van der Waals surface area contributed by atoms with Crippen LogP contribution in [0.25, 0.3) is 232 Å². The largest absolute Gasteiger partial charge is 0.456 e. The highest BCUT2D eigenvalue weighted by Crippen LogP contribution is 2.46. The molecule has 8 aromatic heterocycles. The molecule has 0 saturated heterocycles. The molecule has 12 heteroatoms. The molecule has 0 radical (unpaired) electrons. The summed E-state index contributed by atoms with van der Waals surface area (Å²) in [4.78, 5) is 30.4. The number of nitrogens with zero attached hydrogens (tertiary/aromatic N) is 8. The van der Waals surface area contributed by atoms with Gasteiger partial charge in [0.25, 0.3) is 0 Å². The normalized spacial score (nSPS) is 11.9. The Morgan fingerprint density at radius 1 is 0.202 bits per heavy atom. The molecule has 0 bridgehead atoms. The van der Waals surface area contributed by atoms with E-state index in [1.807, 2.05) is 97.1 Å². The van der Waals surface area contributed by atoms with E-state index in [9.17, 15) is 0 Å². The van der Waals surface area contributed by atoms with Crippen LogP contribution in [0.3, 0.4) is 0 Å². The number of hydrogen-bond donors (Lipinski definition) is 0. The number of para-hydroxylation sites is 5. The second-order valence-electron chi connectivity index (χ2n) is 28.8. The third kappa shape index (κ3) is 10.7. The van der Waals surface area contributed by atoms with Crippen molar-refractivity contribution in [2.75, 3.05) is 0 Å². The molecule has 532 valence electrons. The molecule has 24 aromatic rings. The summed E-state index contributed by atoms with van der Waals surface area (Å²) in [6.45, 7) is 0. The number of fused-ring (bicyclic) bond motifs is 18. The molecule has 0 aliphatic rings. The fraction of sp³-hybridized carbons (Fsp3) is 0. The van der Waals surface area contributed by atoms with Gasteiger partial charge in [-0.25, -0.2) is 29.9 Å². The molecule has 0 spiro atoms. The van der Waals surface area contributed by atoms with Gasteiger partial charge in [-0.3, -0.25) is 0 Å². The Balaban J connectivity index is 0.000000135. The number of furan rings is 3. The van der Waals surface area contributed by atoms with E-state index in [4.69, 9.17) is 43.2 Å². The zero-order valence-corrected chi connectivity index (χ0v) is 61.7. The Kier molecular flexibility index (Phi) is 14.9. The second kappa shape index (κ2) is 26.2. The van der Waals surface area contributed by atoms with Crippen molar-refractivity contribution in [3.05, 3.63) is 364 Å². The fourth-order valence-corrected chi connectivity index (χ4v) is 18.1. The van der Waals surface area contributed by atoms with Gasteiger partial charge < -0.3 is 22.4 Å². The van der Waals surface area contributed by atoms with Gasteiger partial charge in [0.05, 0.1) is 22.1 Å². The van der Waals surface area contributed by atoms with Crippen molar-refractivity contribution in [2.45, 2.75) is 0 Å². The lowest BCUT2D eigenvalue weighted by Crippen LogP contribution is -2.00. The Morgan fingerprint density at radius 2 is 0.544 bits per heavy atom. The second-order valence-corrected chi connectivity index (χ2v) is 29.8. The molecular formula is C102H60N8O3S. The van der Waals surface area contributed by atoms with Crippen molar-refractivity contribution in [2.24, 2.45) is 0 Å². The van der Waals surface area contributed by atoms with Gasteiger partial charge in [-0.2, -0.15) is 0 Å². The summed E-state index contributed by atoms with van der Waals surface area (Å²) in [5.41, 5.74) is 21.7. The summed E-state index contributed by atoms with van der Waals surface area (Å²) in [6.07, 6.45) is 0. The van der Waals surface area contributed by atoms with Crippen LogP contribution in [0.1, 0.15) is 0 Å². The lowest BCUT2D eigenvalue weighted by Gasteiger charge is -2.10. The molecule has 0 N–H and O–H groups in total. The first-order valence-corrected chi connectivity index (χ1v) is 38.8. The number of aromatic nitrogens is 8. The van der Waals surface area contributed by atoms with E-state index in [-0.39, 0.29) is 0 Å². The molecule has 0 saturated carbocycles. The predicted octanol–water partition coefficient (Wildman–Crippen LogP) is 27.3. The van der Waals surface area contributed by atoms with Crippen molar-refractivity contribution in [1.29, 1.82) is 0 Å². The van der Waals surface area contributed by atoms with E-state index < -0.39 is 0 Å². The molecule has 0 aliphatic carbocycles. The van der Waals surface area contributed by atoms with Gasteiger partial charge >= 0.3 is 0 Å². The summed E-state index contributed by atoms with van der Waals surface area (Å²) >= 11 is 1.77. The minimum Gasteiger partial charge on any atom is -0.456 e. The van der Waals surface area contributed by atoms with E-state index in [1.54, 1.807) is 11.3 Å². The van der Waals surface area contributed by atoms with Crippen LogP contribution in [0.4, 0.5) is 0 Å². The molecular weight excluding hydrogens is 1420 g/mol. The Bertz CT molecular complexity index is 8000. The van der Waals surface area contributed by atoms with Crippen molar-refractivity contribution in [1.82, 2.24) is 39.0 Å². The fourth-order valence-electron chi connectivity index (χ4n) is 16.9. The summed E-state index contributed by atoms with van der Waals surface area (Å²) in [5.74, 6) is 3.59. The average Bonchev–Trinajstić information content (AvgIpc) is 1.58. The SMILES string of the molecule is c1ccc(-c2nc(-c3ccc4c(c3)oc3cccc(-c5ccc6c7ccccc7n(-c7ccccc7)c6c5)c34)nc(-c3cccc4c3sc3ccccc34)n2)cc1.c1ccc(-c2nc(-c3ccc4c(c3)oc3ccccc34)nc(-c3ccc4c(c3)oc3cccc(-c5ccc6c7ccccc7n(-c7ccccc7)c6c5)c34)n2)cc1. The zero-order chi connectivity index (χ0) is 74.9. The quantitative estimate of drug-likeness (QED) is 0.131. The van der Waals surface area contributed by atoms with E-state index >= 15 is 0 Å². The maximum absolute atomic E-state index is 6.65. The van der Waals surface area contributed by atoms with Gasteiger partial charge in [-0.05, 0) is 138 Å². The third-order valence-electron chi connectivity index (χ3n) is 22.1. The van der Waals surface area contributed by atoms with Gasteiger partial charge in [0.15, 0.2) is 34.9 Å². The van der Waals surface area contributed by atoms with E-state index in [0.29, 0.717) is 34.9 Å². The van der Waals surface area contributed by atoms with E-state index in [1.165, 1.54) is 48.1 Å². The summed E-state index contributed by atoms with van der Waals surface area (Å²) in [5, 5.41) is 13.7. The van der Waals surface area contributed by atoms with Crippen LogP contribution in [-0.4, -0.2) is 39.0 Å². The maximum atomic E-state index is 6.65. The molecule has 16 aromatic carbocycles. The van der Waals surface area contributed by atoms with E-state index in [2.05, 4.69) is 276 Å². The highest BCUT2D eigenvalue weighted by Gasteiger charge is 2.24. The summed E-state index contributed by atoms with van der Waals surface area (Å²) in [6, 6.07) is 127. The Hall–Kier alpha value is -15.2. The van der Waals surface area contributed by atoms with Crippen molar-refractivity contribution >= 4 is 141 Å². The zero-order valence-electron chi connectivity index (χ0n) is 60.9. The molecule has 8 heterocycles. The summed E-state index contributed by atoms with van der Waals surface area (Å²) in [7, 11) is 0. The van der Waals surface area contributed by atoms with Crippen LogP contribution in [0.15, 0.2) is 377 Å². The Labute approximate surface area is 654 Å². The molecule has 0 unspecified atom stereocenters. The topological polar surface area (TPSA) is 127 Å². The number of hydrogen-bond acceptors (Lipinski definition) is 10. The van der Waals surface area contributed by atoms with Crippen LogP contribution in [-0.2, 0) is 0 Å². The maximum Gasteiger partial charge on any atom is 0.165 e. The van der Waals surface area contributed by atoms with Crippen LogP contribution in [0.5, 0.6) is 0 Å². The average molecular weight is 1480 g/mol. The molecule has 114 heavy (non-hydrogen) atoms. The summed E-state index contributed by atoms with van der Waals surface area (Å²) < 4.78 is 26.6. The lowest BCUT2D eigenvalue weighted by molar-refractivity contribution is 0.668. The van der Waals surface area contributed by atoms with Gasteiger partial charge in [0, 0.05) is 119 Å². The first-order chi connectivity index (χ1) is 56.5. The lowest BCUT2D eigenvalue weighted by atomic mass is 9.98. The highest BCUT2D eigenvalue weighted by molar-refractivity contribution is 7.26. The minimum atomic E-state index is 0.560. The van der Waals surface area contributed by atoms with Crippen molar-refractivity contribution in [3.63, 3.8) is 0 Å². The highest BCUT2D eigenvalue weighted by atomic mass is 32.1. The molecule has 0 amide bonds. The number of benzene rings is 16. The smallest absolute Gasteiger partial charge is 0.165 e. The Morgan fingerprint density at radius 3 is 1.06 bits per heavy atom. The molecule has 0 aliphatic heterocycles. The van der Waals surface area contributed by atoms with Crippen LogP contribution in [0.2, 0.25) is 0 Å². The van der Waals surface area contributed by atoms with Crippen LogP contribution >= 0.6 is 11.3 Å². The predicted molar refractivity (Wildman–Crippen MR) is 467 cm³/mol. The van der Waals surface area contributed by atoms with Crippen LogP contribution < -0.4 is 0 Å². The minimum absolute atomic E-state index is 0.560. The van der Waals surface area contributed by atoms with Gasteiger partial charge in [-0.1, -0.05) is 249 Å². The standard InChI is InChI=1S/C51H30N4O2.C51H30N4OS/c1-3-12-31(13-4-1)49-52-50(33-23-26-40-39-17-8-10-20-44(39)56-46(40)29-33)54-51(53-49)34-24-27-41-47(30-34)57-45-21-11-18-36(48(41)45)32-22-25-38-37-16-7-9-19-42(37)55(43(38)28-32)35-14-5-2-6-15-35;1-3-13-31(14-4-1)49-52-50(54-51(53-49)41-21-11-20-39-38-18-8-10-24-46(38)57-48(39)41)33-26-28-40-45(30-33)56-44-23-12-19-35(47(40)44)32-25-27-37-36-17-7-9-22-42(36)55(43(37)29-32)34-15-5-2-6-16-34/h2*1-30H.